The minimum atomic E-state index is -1.05. The van der Waals surface area contributed by atoms with Gasteiger partial charge >= 0.3 is 5.97 Å². The number of hydrogen-bond donors (Lipinski definition) is 2. The molecule has 0 bridgehead atoms. The number of ether oxygens (including phenoxy) is 1. The molecule has 0 fully saturated rings. The molecule has 1 atom stereocenters. The molecule has 0 aliphatic heterocycles. The minimum Gasteiger partial charge on any atom is -0.488 e. The lowest BCUT2D eigenvalue weighted by molar-refractivity contribution is -0.138. The summed E-state index contributed by atoms with van der Waals surface area (Å²) < 4.78 is 5.86. The van der Waals surface area contributed by atoms with Crippen LogP contribution in [0.2, 0.25) is 0 Å². The molecule has 2 rings (SSSR count). The number of carbonyl (C=O) groups is 2. The molecule has 1 amide bonds. The zero-order valence-electron chi connectivity index (χ0n) is 23.0. The molecular weight excluding hydrogens is 494 g/mol. The summed E-state index contributed by atoms with van der Waals surface area (Å²) in [6.45, 7) is 8.86. The summed E-state index contributed by atoms with van der Waals surface area (Å²) in [6, 6.07) is 15.6. The first-order valence-corrected chi connectivity index (χ1v) is 14.2. The lowest BCUT2D eigenvalue weighted by Crippen LogP contribution is -2.42. The predicted molar refractivity (Wildman–Crippen MR) is 159 cm³/mol. The number of benzene rings is 2. The summed E-state index contributed by atoms with van der Waals surface area (Å²) in [4.78, 5) is 24.7. The molecule has 0 aromatic heterocycles. The lowest BCUT2D eigenvalue weighted by atomic mass is 10.1. The summed E-state index contributed by atoms with van der Waals surface area (Å²) in [7, 11) is 0. The van der Waals surface area contributed by atoms with Crippen LogP contribution in [0, 0.1) is 0 Å². The van der Waals surface area contributed by atoms with Crippen molar-refractivity contribution in [2.24, 2.45) is 0 Å². The van der Waals surface area contributed by atoms with Crippen LogP contribution >= 0.6 is 11.8 Å². The minimum absolute atomic E-state index is 0.279. The van der Waals surface area contributed by atoms with Gasteiger partial charge < -0.3 is 15.2 Å². The Balaban J connectivity index is 1.82. The molecule has 2 aromatic carbocycles. The average Bonchev–Trinajstić information content (AvgIpc) is 2.89. The molecule has 2 aromatic rings. The summed E-state index contributed by atoms with van der Waals surface area (Å²) in [5, 5.41) is 12.3. The SMILES string of the molecule is CC(C)=CCC/C(C)=C/CC/C(C)=C/CSC[C@H](NC(=O)c1ccccc1OCc1ccccc1)C(=O)O. The molecule has 0 spiro atoms. The van der Waals surface area contributed by atoms with E-state index in [1.165, 1.54) is 28.5 Å². The number of carboxylic acids is 1. The van der Waals surface area contributed by atoms with Gasteiger partial charge in [-0.25, -0.2) is 4.79 Å². The van der Waals surface area contributed by atoms with E-state index in [1.807, 2.05) is 30.3 Å². The van der Waals surface area contributed by atoms with Gasteiger partial charge in [0.2, 0.25) is 0 Å². The van der Waals surface area contributed by atoms with Gasteiger partial charge in [0.25, 0.3) is 5.91 Å². The fourth-order valence-corrected chi connectivity index (χ4v) is 4.65. The molecule has 0 aliphatic rings. The third kappa shape index (κ3) is 12.3. The van der Waals surface area contributed by atoms with Crippen molar-refractivity contribution in [3.05, 3.63) is 101 Å². The molecule has 0 aliphatic carbocycles. The van der Waals surface area contributed by atoms with Crippen molar-refractivity contribution >= 4 is 23.6 Å². The van der Waals surface area contributed by atoms with Crippen molar-refractivity contribution in [3.63, 3.8) is 0 Å². The first-order valence-electron chi connectivity index (χ1n) is 13.1. The number of rotatable bonds is 16. The Morgan fingerprint density at radius 3 is 2.21 bits per heavy atom. The molecule has 0 unspecified atom stereocenters. The molecule has 0 heterocycles. The van der Waals surface area contributed by atoms with Crippen molar-refractivity contribution < 1.29 is 19.4 Å². The van der Waals surface area contributed by atoms with E-state index < -0.39 is 17.9 Å². The van der Waals surface area contributed by atoms with Crippen molar-refractivity contribution in [2.45, 2.75) is 66.0 Å². The van der Waals surface area contributed by atoms with Crippen LogP contribution in [0.25, 0.3) is 0 Å². The number of thioether (sulfide) groups is 1. The number of carbonyl (C=O) groups excluding carboxylic acids is 1. The van der Waals surface area contributed by atoms with E-state index in [1.54, 1.807) is 24.3 Å². The highest BCUT2D eigenvalue weighted by Gasteiger charge is 2.22. The number of carboxylic acid groups (broad SMARTS) is 1. The Labute approximate surface area is 232 Å². The summed E-state index contributed by atoms with van der Waals surface area (Å²) in [5.74, 6) is -0.110. The van der Waals surface area contributed by atoms with Crippen molar-refractivity contribution in [1.82, 2.24) is 5.32 Å². The van der Waals surface area contributed by atoms with Gasteiger partial charge in [0.05, 0.1) is 5.56 Å². The molecule has 2 N–H and O–H groups in total. The zero-order valence-corrected chi connectivity index (χ0v) is 23.9. The average molecular weight is 536 g/mol. The Morgan fingerprint density at radius 1 is 0.895 bits per heavy atom. The molecule has 0 radical (unpaired) electrons. The zero-order chi connectivity index (χ0) is 27.8. The predicted octanol–water partition coefficient (Wildman–Crippen LogP) is 7.60. The number of nitrogens with one attached hydrogen (secondary N) is 1. The standard InChI is InChI=1S/C32H41NO4S/c1-24(2)12-10-13-25(3)14-11-15-26(4)20-21-38-23-29(32(35)36)33-31(34)28-18-8-9-19-30(28)37-22-27-16-6-5-7-17-27/h5-9,12,14,16-20,29H,10-11,13,15,21-23H2,1-4H3,(H,33,34)(H,35,36)/b25-14+,26-20+/t29-/m0/s1. The molecule has 0 saturated carbocycles. The maximum Gasteiger partial charge on any atom is 0.327 e. The van der Waals surface area contributed by atoms with Crippen LogP contribution < -0.4 is 10.1 Å². The number of amides is 1. The van der Waals surface area contributed by atoms with Crippen LogP contribution in [0.15, 0.2) is 89.5 Å². The highest BCUT2D eigenvalue weighted by molar-refractivity contribution is 7.99. The fourth-order valence-electron chi connectivity index (χ4n) is 3.65. The first-order chi connectivity index (χ1) is 18.3. The quantitative estimate of drug-likeness (QED) is 0.171. The molecule has 0 saturated heterocycles. The number of allylic oxidation sites excluding steroid dienone is 5. The topological polar surface area (TPSA) is 75.6 Å². The van der Waals surface area contributed by atoms with Crippen LogP contribution in [0.1, 0.15) is 69.3 Å². The smallest absolute Gasteiger partial charge is 0.327 e. The lowest BCUT2D eigenvalue weighted by Gasteiger charge is -2.16. The van der Waals surface area contributed by atoms with E-state index in [-0.39, 0.29) is 5.75 Å². The second kappa shape index (κ2) is 17.3. The van der Waals surface area contributed by atoms with E-state index in [0.29, 0.717) is 23.7 Å². The largest absolute Gasteiger partial charge is 0.488 e. The van der Waals surface area contributed by atoms with Crippen LogP contribution in [0.4, 0.5) is 0 Å². The van der Waals surface area contributed by atoms with E-state index >= 15 is 0 Å². The first kappa shape index (κ1) is 31.0. The summed E-state index contributed by atoms with van der Waals surface area (Å²) in [6.07, 6.45) is 10.9. The maximum atomic E-state index is 12.9. The number of aliphatic carboxylic acids is 1. The Kier molecular flexibility index (Phi) is 14.1. The van der Waals surface area contributed by atoms with Gasteiger partial charge in [0, 0.05) is 11.5 Å². The molecular formula is C32H41NO4S. The number of hydrogen-bond acceptors (Lipinski definition) is 4. The van der Waals surface area contributed by atoms with Crippen LogP contribution in [0.5, 0.6) is 5.75 Å². The Bertz CT molecular complexity index is 1120. The van der Waals surface area contributed by atoms with Crippen molar-refractivity contribution in [1.29, 1.82) is 0 Å². The number of para-hydroxylation sites is 1. The molecule has 204 valence electrons. The molecule has 5 nitrogen and oxygen atoms in total. The van der Waals surface area contributed by atoms with Gasteiger partial charge in [-0.2, -0.15) is 11.8 Å². The Hall–Kier alpha value is -3.25. The van der Waals surface area contributed by atoms with E-state index in [9.17, 15) is 14.7 Å². The van der Waals surface area contributed by atoms with Crippen LogP contribution in [-0.2, 0) is 11.4 Å². The van der Waals surface area contributed by atoms with E-state index in [0.717, 1.165) is 31.2 Å². The summed E-state index contributed by atoms with van der Waals surface area (Å²) >= 11 is 1.50. The highest BCUT2D eigenvalue weighted by Crippen LogP contribution is 2.20. The molecule has 38 heavy (non-hydrogen) atoms. The molecule has 6 heteroatoms. The highest BCUT2D eigenvalue weighted by atomic mass is 32.2. The Morgan fingerprint density at radius 2 is 1.53 bits per heavy atom. The summed E-state index contributed by atoms with van der Waals surface area (Å²) in [5.41, 5.74) is 5.36. The second-order valence-corrected chi connectivity index (χ2v) is 10.7. The monoisotopic (exact) mass is 535 g/mol. The van der Waals surface area contributed by atoms with Gasteiger partial charge in [-0.15, -0.1) is 0 Å². The van der Waals surface area contributed by atoms with Gasteiger partial charge in [-0.05, 0) is 71.1 Å². The van der Waals surface area contributed by atoms with Gasteiger partial charge in [0.1, 0.15) is 18.4 Å². The van der Waals surface area contributed by atoms with Crippen molar-refractivity contribution in [3.8, 4) is 5.75 Å². The van der Waals surface area contributed by atoms with Gasteiger partial charge in [0.15, 0.2) is 0 Å². The normalized spacial score (nSPS) is 12.5. The second-order valence-electron chi connectivity index (χ2n) is 9.63. The van der Waals surface area contributed by atoms with Crippen molar-refractivity contribution in [2.75, 3.05) is 11.5 Å². The van der Waals surface area contributed by atoms with E-state index in [4.69, 9.17) is 4.74 Å². The maximum absolute atomic E-state index is 12.9. The van der Waals surface area contributed by atoms with E-state index in [2.05, 4.69) is 51.2 Å². The van der Waals surface area contributed by atoms with Crippen LogP contribution in [-0.4, -0.2) is 34.5 Å². The van der Waals surface area contributed by atoms with Gasteiger partial charge in [-0.3, -0.25) is 4.79 Å². The third-order valence-electron chi connectivity index (χ3n) is 5.93. The fraction of sp³-hybridized carbons (Fsp3) is 0.375. The third-order valence-corrected chi connectivity index (χ3v) is 6.90. The van der Waals surface area contributed by atoms with Crippen LogP contribution in [0.3, 0.4) is 0 Å². The van der Waals surface area contributed by atoms with Gasteiger partial charge in [-0.1, -0.05) is 77.4 Å².